The van der Waals surface area contributed by atoms with Crippen molar-refractivity contribution in [2.75, 3.05) is 0 Å². The fourth-order valence-electron chi connectivity index (χ4n) is 5.88. The van der Waals surface area contributed by atoms with E-state index in [1.165, 1.54) is 25.6 Å². The van der Waals surface area contributed by atoms with Crippen molar-refractivity contribution in [2.24, 2.45) is 0 Å². The van der Waals surface area contributed by atoms with Gasteiger partial charge in [0.2, 0.25) is 0 Å². The van der Waals surface area contributed by atoms with Crippen molar-refractivity contribution in [2.45, 2.75) is 38.9 Å². The van der Waals surface area contributed by atoms with Gasteiger partial charge in [-0.3, -0.25) is 0 Å². The third-order valence-electron chi connectivity index (χ3n) is 8.72. The Morgan fingerprint density at radius 1 is 0.641 bits per heavy atom. The molecule has 3 heterocycles. The second-order valence-electron chi connectivity index (χ2n) is 11.6. The Bertz CT molecular complexity index is 2080. The highest BCUT2D eigenvalue weighted by Gasteiger charge is 2.52. The van der Waals surface area contributed by atoms with E-state index in [2.05, 4.69) is 119 Å². The lowest BCUT2D eigenvalue weighted by molar-refractivity contribution is 0.00578. The zero-order valence-electron chi connectivity index (χ0n) is 22.4. The standard InChI is InChI=1S/C34H27BO3S/c1-33(2)34(3,4)38-35(37-33)27-16-15-23(22-13-14-25-24-11-7-8-12-29(24)39-30(25)19-22)32-31(27)26-17-20-9-5-6-10-21(20)18-28(26)36-32/h5-19H,1-4H3. The molecule has 0 spiro atoms. The molecule has 5 heteroatoms. The number of hydrogen-bond donors (Lipinski definition) is 0. The molecule has 1 aliphatic rings. The van der Waals surface area contributed by atoms with Crippen LogP contribution in [0.15, 0.2) is 95.4 Å². The minimum absolute atomic E-state index is 0.429. The van der Waals surface area contributed by atoms with Crippen LogP contribution in [0, 0.1) is 0 Å². The lowest BCUT2D eigenvalue weighted by atomic mass is 9.75. The van der Waals surface area contributed by atoms with Gasteiger partial charge in [-0.15, -0.1) is 11.3 Å². The van der Waals surface area contributed by atoms with Crippen molar-refractivity contribution in [3.05, 3.63) is 91.0 Å². The second-order valence-corrected chi connectivity index (χ2v) is 12.7. The highest BCUT2D eigenvalue weighted by atomic mass is 32.1. The Hall–Kier alpha value is -3.64. The number of benzene rings is 5. The maximum atomic E-state index is 6.71. The second kappa shape index (κ2) is 7.95. The van der Waals surface area contributed by atoms with Gasteiger partial charge in [-0.1, -0.05) is 66.7 Å². The van der Waals surface area contributed by atoms with Gasteiger partial charge in [0.1, 0.15) is 11.2 Å². The van der Waals surface area contributed by atoms with Crippen LogP contribution in [0.3, 0.4) is 0 Å². The molecule has 39 heavy (non-hydrogen) atoms. The Labute approximate surface area is 231 Å². The van der Waals surface area contributed by atoms with Crippen LogP contribution in [0.1, 0.15) is 27.7 Å². The van der Waals surface area contributed by atoms with Gasteiger partial charge in [0.25, 0.3) is 0 Å². The summed E-state index contributed by atoms with van der Waals surface area (Å²) in [4.78, 5) is 0. The van der Waals surface area contributed by atoms with Gasteiger partial charge in [-0.05, 0) is 73.8 Å². The highest BCUT2D eigenvalue weighted by Crippen LogP contribution is 2.42. The average molecular weight is 526 g/mol. The Kier molecular flexibility index (Phi) is 4.74. The fraction of sp³-hybridized carbons (Fsp3) is 0.176. The molecule has 190 valence electrons. The van der Waals surface area contributed by atoms with Crippen molar-refractivity contribution >= 4 is 76.8 Å². The van der Waals surface area contributed by atoms with E-state index in [1.54, 1.807) is 0 Å². The monoisotopic (exact) mass is 526 g/mol. The molecular formula is C34H27BO3S. The van der Waals surface area contributed by atoms with Crippen LogP contribution in [0.25, 0.3) is 64.0 Å². The van der Waals surface area contributed by atoms with E-state index < -0.39 is 18.3 Å². The molecule has 8 rings (SSSR count). The molecule has 2 aromatic heterocycles. The molecule has 0 aliphatic carbocycles. The molecule has 0 radical (unpaired) electrons. The molecule has 0 saturated carbocycles. The zero-order valence-corrected chi connectivity index (χ0v) is 23.2. The van der Waals surface area contributed by atoms with Crippen molar-refractivity contribution in [3.63, 3.8) is 0 Å². The molecular weight excluding hydrogens is 499 g/mol. The van der Waals surface area contributed by atoms with Crippen molar-refractivity contribution < 1.29 is 13.7 Å². The van der Waals surface area contributed by atoms with E-state index in [-0.39, 0.29) is 0 Å². The first-order chi connectivity index (χ1) is 18.8. The summed E-state index contributed by atoms with van der Waals surface area (Å²) in [7, 11) is -0.483. The molecule has 1 fully saturated rings. The van der Waals surface area contributed by atoms with Crippen LogP contribution in [0.4, 0.5) is 0 Å². The van der Waals surface area contributed by atoms with Crippen molar-refractivity contribution in [1.82, 2.24) is 0 Å². The first-order valence-corrected chi connectivity index (χ1v) is 14.3. The predicted octanol–water partition coefficient (Wildman–Crippen LogP) is 9.07. The number of hydrogen-bond acceptors (Lipinski definition) is 4. The van der Waals surface area contributed by atoms with Gasteiger partial charge >= 0.3 is 7.12 Å². The van der Waals surface area contributed by atoms with E-state index in [4.69, 9.17) is 13.7 Å². The third-order valence-corrected chi connectivity index (χ3v) is 9.85. The van der Waals surface area contributed by atoms with Gasteiger partial charge in [-0.2, -0.15) is 0 Å². The number of furan rings is 1. The van der Waals surface area contributed by atoms with Crippen LogP contribution < -0.4 is 5.46 Å². The van der Waals surface area contributed by atoms with Gasteiger partial charge in [0.15, 0.2) is 0 Å². The highest BCUT2D eigenvalue weighted by molar-refractivity contribution is 7.25. The smallest absolute Gasteiger partial charge is 0.455 e. The Morgan fingerprint density at radius 2 is 1.33 bits per heavy atom. The minimum atomic E-state index is -0.483. The van der Waals surface area contributed by atoms with E-state index in [9.17, 15) is 0 Å². The molecule has 0 atom stereocenters. The van der Waals surface area contributed by atoms with E-state index in [0.717, 1.165) is 43.9 Å². The van der Waals surface area contributed by atoms with Crippen LogP contribution in [0.2, 0.25) is 0 Å². The largest absolute Gasteiger partial charge is 0.495 e. The predicted molar refractivity (Wildman–Crippen MR) is 165 cm³/mol. The zero-order chi connectivity index (χ0) is 26.5. The quantitative estimate of drug-likeness (QED) is 0.211. The summed E-state index contributed by atoms with van der Waals surface area (Å²) in [5.41, 5.74) is 4.10. The Morgan fingerprint density at radius 3 is 2.13 bits per heavy atom. The third kappa shape index (κ3) is 3.37. The van der Waals surface area contributed by atoms with Crippen LogP contribution in [0.5, 0.6) is 0 Å². The van der Waals surface area contributed by atoms with Gasteiger partial charge in [0.05, 0.1) is 11.2 Å². The van der Waals surface area contributed by atoms with Gasteiger partial charge in [0, 0.05) is 36.5 Å². The summed E-state index contributed by atoms with van der Waals surface area (Å²) in [5.74, 6) is 0. The maximum Gasteiger partial charge on any atom is 0.495 e. The van der Waals surface area contributed by atoms with Crippen molar-refractivity contribution in [1.29, 1.82) is 0 Å². The van der Waals surface area contributed by atoms with E-state index in [1.807, 2.05) is 11.3 Å². The van der Waals surface area contributed by atoms with Gasteiger partial charge in [-0.25, -0.2) is 0 Å². The molecule has 0 bridgehead atoms. The van der Waals surface area contributed by atoms with Crippen LogP contribution in [-0.2, 0) is 9.31 Å². The number of thiophene rings is 1. The summed E-state index contributed by atoms with van der Waals surface area (Å²) in [6.07, 6.45) is 0. The fourth-order valence-corrected chi connectivity index (χ4v) is 7.02. The number of fused-ring (bicyclic) bond motifs is 7. The van der Waals surface area contributed by atoms with E-state index in [0.29, 0.717) is 0 Å². The summed E-state index contributed by atoms with van der Waals surface area (Å²) in [6, 6.07) is 32.5. The molecule has 5 aromatic carbocycles. The van der Waals surface area contributed by atoms with Gasteiger partial charge < -0.3 is 13.7 Å². The normalized spacial score (nSPS) is 16.9. The summed E-state index contributed by atoms with van der Waals surface area (Å²) in [6.45, 7) is 8.39. The molecule has 1 aliphatic heterocycles. The topological polar surface area (TPSA) is 31.6 Å². The maximum absolute atomic E-state index is 6.71. The molecule has 0 N–H and O–H groups in total. The van der Waals surface area contributed by atoms with Crippen molar-refractivity contribution in [3.8, 4) is 11.1 Å². The Balaban J connectivity index is 1.40. The first-order valence-electron chi connectivity index (χ1n) is 13.4. The molecule has 7 aromatic rings. The average Bonchev–Trinajstić information content (AvgIpc) is 3.54. The molecule has 3 nitrogen and oxygen atoms in total. The summed E-state index contributed by atoms with van der Waals surface area (Å²) < 4.78 is 22.4. The SMILES string of the molecule is CC1(C)OB(c2ccc(-c3ccc4c(c3)sc3ccccc34)c3oc4cc5ccccc5cc4c23)OC1(C)C. The first kappa shape index (κ1) is 23.3. The van der Waals surface area contributed by atoms with Crippen LogP contribution >= 0.6 is 11.3 Å². The number of rotatable bonds is 2. The van der Waals surface area contributed by atoms with Crippen LogP contribution in [-0.4, -0.2) is 18.3 Å². The van der Waals surface area contributed by atoms with E-state index >= 15 is 0 Å². The molecule has 0 unspecified atom stereocenters. The lowest BCUT2D eigenvalue weighted by Gasteiger charge is -2.32. The molecule has 0 amide bonds. The molecule has 1 saturated heterocycles. The summed E-state index contributed by atoms with van der Waals surface area (Å²) in [5, 5.41) is 7.08. The minimum Gasteiger partial charge on any atom is -0.455 e. The summed E-state index contributed by atoms with van der Waals surface area (Å²) >= 11 is 1.83. The lowest BCUT2D eigenvalue weighted by Crippen LogP contribution is -2.41.